The van der Waals surface area contributed by atoms with Crippen LogP contribution in [0.5, 0.6) is 0 Å². The largest absolute Gasteiger partial charge is 0.436 e. The summed E-state index contributed by atoms with van der Waals surface area (Å²) in [5.41, 5.74) is 9.29. The molecule has 0 fully saturated rings. The molecule has 0 saturated carbocycles. The average Bonchev–Trinajstić information content (AvgIpc) is 4.27. The standard InChI is InChI=1S/C18H16N4O.C17H13N3O2.C17H13N3OS/c1-21-11-15(19-17(21)12-23)18-14-9-5-6-10-16(14)22(20-18)13-7-3-2-4-8-13;2*21-11-16-18-10-15(22-16)17-13-8-4-5-9-14(13)20(19-17)12-6-2-1-3-7-12/h2-11,23H,12H2,1H3;2*1-10,21H,11H2. The van der Waals surface area contributed by atoms with Crippen molar-refractivity contribution >= 4 is 44.0 Å². The van der Waals surface area contributed by atoms with E-state index < -0.39 is 0 Å². The summed E-state index contributed by atoms with van der Waals surface area (Å²) >= 11 is 1.47. The number of hydrogen-bond donors (Lipinski definition) is 3. The summed E-state index contributed by atoms with van der Waals surface area (Å²) in [6, 6.07) is 54.2. The maximum Gasteiger partial charge on any atom is 0.220 e. The zero-order chi connectivity index (χ0) is 45.7. The van der Waals surface area contributed by atoms with Gasteiger partial charge in [0.05, 0.1) is 51.3 Å². The van der Waals surface area contributed by atoms with Crippen LogP contribution in [0.15, 0.2) is 187 Å². The van der Waals surface area contributed by atoms with Crippen molar-refractivity contribution in [1.29, 1.82) is 0 Å². The summed E-state index contributed by atoms with van der Waals surface area (Å²) in [6.45, 7) is -0.354. The molecular formula is C52H42N10O4S. The van der Waals surface area contributed by atoms with Gasteiger partial charge in [-0.25, -0.2) is 29.0 Å². The van der Waals surface area contributed by atoms with Gasteiger partial charge in [0.25, 0.3) is 0 Å². The van der Waals surface area contributed by atoms with Crippen molar-refractivity contribution in [3.05, 3.63) is 199 Å². The lowest BCUT2D eigenvalue weighted by molar-refractivity contribution is 0.241. The minimum atomic E-state index is -0.225. The molecule has 0 aliphatic carbocycles. The lowest BCUT2D eigenvalue weighted by Crippen LogP contribution is -1.95. The van der Waals surface area contributed by atoms with E-state index in [0.29, 0.717) is 22.3 Å². The van der Waals surface area contributed by atoms with E-state index in [9.17, 15) is 10.2 Å². The van der Waals surface area contributed by atoms with Crippen LogP contribution in [-0.2, 0) is 26.9 Å². The van der Waals surface area contributed by atoms with Crippen LogP contribution in [0.3, 0.4) is 0 Å². The van der Waals surface area contributed by atoms with Gasteiger partial charge in [-0.15, -0.1) is 11.3 Å². The van der Waals surface area contributed by atoms with Crippen molar-refractivity contribution in [3.63, 3.8) is 0 Å². The van der Waals surface area contributed by atoms with E-state index in [4.69, 9.17) is 19.7 Å². The summed E-state index contributed by atoms with van der Waals surface area (Å²) in [6.07, 6.45) is 5.27. The molecule has 0 spiro atoms. The van der Waals surface area contributed by atoms with Crippen LogP contribution < -0.4 is 0 Å². The maximum absolute atomic E-state index is 9.37. The molecule has 15 heteroatoms. The molecule has 3 N–H and O–H groups in total. The minimum absolute atomic E-state index is 0.0397. The molecule has 0 bridgehead atoms. The Morgan fingerprint density at radius 1 is 0.493 bits per heavy atom. The van der Waals surface area contributed by atoms with Gasteiger partial charge in [-0.3, -0.25) is 0 Å². The first-order chi connectivity index (χ1) is 33.0. The molecule has 0 atom stereocenters. The van der Waals surface area contributed by atoms with Crippen LogP contribution in [-0.4, -0.2) is 64.2 Å². The zero-order valence-corrected chi connectivity index (χ0v) is 36.9. The van der Waals surface area contributed by atoms with E-state index in [0.717, 1.165) is 71.7 Å². The van der Waals surface area contributed by atoms with E-state index >= 15 is 0 Å². The molecule has 6 aromatic carbocycles. The lowest BCUT2D eigenvalue weighted by Gasteiger charge is -2.01. The first-order valence-electron chi connectivity index (χ1n) is 21.4. The summed E-state index contributed by atoms with van der Waals surface area (Å²) in [4.78, 5) is 13.7. The number of thiazole rings is 1. The van der Waals surface area contributed by atoms with E-state index in [1.54, 1.807) is 12.4 Å². The van der Waals surface area contributed by atoms with Gasteiger partial charge < -0.3 is 24.3 Å². The van der Waals surface area contributed by atoms with E-state index in [2.05, 4.69) is 38.2 Å². The number of benzene rings is 6. The number of oxazole rings is 1. The zero-order valence-electron chi connectivity index (χ0n) is 36.1. The smallest absolute Gasteiger partial charge is 0.220 e. The lowest BCUT2D eigenvalue weighted by atomic mass is 10.2. The number of nitrogens with zero attached hydrogens (tertiary/aromatic N) is 10. The molecule has 14 nitrogen and oxygen atoms in total. The van der Waals surface area contributed by atoms with Crippen molar-refractivity contribution in [2.75, 3.05) is 0 Å². The number of imidazole rings is 1. The molecular weight excluding hydrogens is 861 g/mol. The van der Waals surface area contributed by atoms with Crippen LogP contribution in [0, 0.1) is 0 Å². The molecule has 12 rings (SSSR count). The van der Waals surface area contributed by atoms with E-state index in [1.807, 2.05) is 177 Å². The number of para-hydroxylation sites is 6. The molecule has 6 aromatic heterocycles. The SMILES string of the molecule is Cn1cc(-c2nn(-c3ccccc3)c3ccccc23)nc1CO.OCc1ncc(-c2nn(-c3ccccc3)c3ccccc23)o1.OCc1ncc(-c2nn(-c3ccccc3)c3ccccc23)s1. The van der Waals surface area contributed by atoms with Crippen molar-refractivity contribution in [2.24, 2.45) is 7.05 Å². The van der Waals surface area contributed by atoms with Gasteiger partial charge in [0.2, 0.25) is 5.89 Å². The second-order valence-corrected chi connectivity index (χ2v) is 16.3. The molecule has 0 aliphatic heterocycles. The Labute approximate surface area is 387 Å². The third-order valence-corrected chi connectivity index (χ3v) is 12.0. The summed E-state index contributed by atoms with van der Waals surface area (Å²) in [5, 5.41) is 45.7. The molecule has 0 saturated heterocycles. The molecule has 0 aliphatic rings. The predicted octanol–water partition coefficient (Wildman–Crippen LogP) is 9.73. The second-order valence-electron chi connectivity index (χ2n) is 15.2. The third-order valence-electron chi connectivity index (χ3n) is 11.0. The number of hydrogen-bond acceptors (Lipinski definition) is 11. The maximum atomic E-state index is 9.37. The van der Waals surface area contributed by atoms with Gasteiger partial charge in [-0.2, -0.15) is 15.3 Å². The number of aliphatic hydroxyl groups is 3. The van der Waals surface area contributed by atoms with Crippen molar-refractivity contribution in [3.8, 4) is 50.5 Å². The van der Waals surface area contributed by atoms with Crippen molar-refractivity contribution in [1.82, 2.24) is 48.9 Å². The summed E-state index contributed by atoms with van der Waals surface area (Å²) in [7, 11) is 1.87. The average molecular weight is 903 g/mol. The normalized spacial score (nSPS) is 11.2. The van der Waals surface area contributed by atoms with Gasteiger partial charge in [0.1, 0.15) is 46.8 Å². The van der Waals surface area contributed by atoms with Gasteiger partial charge in [-0.1, -0.05) is 109 Å². The molecule has 330 valence electrons. The fourth-order valence-corrected chi connectivity index (χ4v) is 8.58. The van der Waals surface area contributed by atoms with E-state index in [-0.39, 0.29) is 25.7 Å². The molecule has 67 heavy (non-hydrogen) atoms. The molecule has 0 amide bonds. The Kier molecular flexibility index (Phi) is 12.1. The number of fused-ring (bicyclic) bond motifs is 3. The monoisotopic (exact) mass is 902 g/mol. The van der Waals surface area contributed by atoms with Crippen LogP contribution >= 0.6 is 11.3 Å². The Hall–Kier alpha value is -8.34. The highest BCUT2D eigenvalue weighted by molar-refractivity contribution is 7.15. The van der Waals surface area contributed by atoms with Crippen molar-refractivity contribution in [2.45, 2.75) is 19.8 Å². The number of aliphatic hydroxyl groups excluding tert-OH is 3. The molecule has 6 heterocycles. The van der Waals surface area contributed by atoms with Crippen LogP contribution in [0.4, 0.5) is 0 Å². The number of aryl methyl sites for hydroxylation is 1. The van der Waals surface area contributed by atoms with Gasteiger partial charge in [0, 0.05) is 35.6 Å². The highest BCUT2D eigenvalue weighted by atomic mass is 32.1. The summed E-state index contributed by atoms with van der Waals surface area (Å²) < 4.78 is 13.1. The molecule has 12 aromatic rings. The number of rotatable bonds is 9. The minimum Gasteiger partial charge on any atom is -0.436 e. The van der Waals surface area contributed by atoms with Crippen molar-refractivity contribution < 1.29 is 19.7 Å². The fourth-order valence-electron chi connectivity index (χ4n) is 7.80. The Bertz CT molecular complexity index is 3420. The first-order valence-corrected chi connectivity index (χ1v) is 22.2. The van der Waals surface area contributed by atoms with E-state index in [1.165, 1.54) is 11.3 Å². The van der Waals surface area contributed by atoms with Gasteiger partial charge in [0.15, 0.2) is 5.76 Å². The highest BCUT2D eigenvalue weighted by Crippen LogP contribution is 2.34. The third kappa shape index (κ3) is 8.54. The van der Waals surface area contributed by atoms with Gasteiger partial charge in [-0.05, 0) is 54.6 Å². The quantitative estimate of drug-likeness (QED) is 0.127. The Morgan fingerprint density at radius 3 is 1.42 bits per heavy atom. The van der Waals surface area contributed by atoms with Crippen LogP contribution in [0.25, 0.3) is 83.2 Å². The van der Waals surface area contributed by atoms with Gasteiger partial charge >= 0.3 is 0 Å². The molecule has 0 radical (unpaired) electrons. The van der Waals surface area contributed by atoms with Crippen LogP contribution in [0.2, 0.25) is 0 Å². The highest BCUT2D eigenvalue weighted by Gasteiger charge is 2.19. The Balaban J connectivity index is 0.000000118. The topological polar surface area (TPSA) is 171 Å². The first kappa shape index (κ1) is 42.6. The predicted molar refractivity (Wildman–Crippen MR) is 260 cm³/mol. The summed E-state index contributed by atoms with van der Waals surface area (Å²) in [5.74, 6) is 1.46. The van der Waals surface area contributed by atoms with Crippen LogP contribution in [0.1, 0.15) is 16.7 Å². The fraction of sp³-hybridized carbons (Fsp3) is 0.0769. The second kappa shape index (κ2) is 19.0. The number of aromatic nitrogens is 10. The molecule has 0 unspecified atom stereocenters. The Morgan fingerprint density at radius 2 is 0.955 bits per heavy atom.